The van der Waals surface area contributed by atoms with Gasteiger partial charge in [0.25, 0.3) is 5.91 Å². The molecule has 1 atom stereocenters. The van der Waals surface area contributed by atoms with Crippen LogP contribution in [0.5, 0.6) is 0 Å². The zero-order chi connectivity index (χ0) is 24.1. The maximum absolute atomic E-state index is 13.4. The Labute approximate surface area is 202 Å². The van der Waals surface area contributed by atoms with E-state index in [2.05, 4.69) is 11.1 Å². The van der Waals surface area contributed by atoms with Gasteiger partial charge >= 0.3 is 0 Å². The molecule has 4 rings (SSSR count). The molecule has 2 heterocycles. The molecule has 170 valence electrons. The number of thioether (sulfide) groups is 1. The number of aryl methyl sites for hydroxylation is 1. The van der Waals surface area contributed by atoms with Gasteiger partial charge in [0.1, 0.15) is 17.1 Å². The first-order valence-corrected chi connectivity index (χ1v) is 11.7. The number of anilines is 1. The highest BCUT2D eigenvalue weighted by atomic mass is 32.2. The van der Waals surface area contributed by atoms with Crippen molar-refractivity contribution in [2.75, 3.05) is 10.7 Å². The van der Waals surface area contributed by atoms with Gasteiger partial charge < -0.3 is 4.90 Å². The van der Waals surface area contributed by atoms with Crippen LogP contribution in [0, 0.1) is 18.3 Å². The molecule has 1 fully saturated rings. The van der Waals surface area contributed by atoms with Crippen LogP contribution in [0.4, 0.5) is 5.69 Å². The SMILES string of the molecule is Cc1ccc(C#N)c(SCC(=O)N(Cc2ccccc2)C2CC(=O)N(c3ccccc3)C2=O)n1. The average Bonchev–Trinajstić information content (AvgIpc) is 3.15. The van der Waals surface area contributed by atoms with Gasteiger partial charge in [0, 0.05) is 12.2 Å². The number of pyridine rings is 1. The second-order valence-corrected chi connectivity index (χ2v) is 8.80. The van der Waals surface area contributed by atoms with E-state index in [-0.39, 0.29) is 30.5 Å². The van der Waals surface area contributed by atoms with Gasteiger partial charge in [-0.05, 0) is 36.8 Å². The van der Waals surface area contributed by atoms with Gasteiger partial charge in [-0.3, -0.25) is 14.4 Å². The van der Waals surface area contributed by atoms with Gasteiger partial charge in [-0.25, -0.2) is 9.88 Å². The van der Waals surface area contributed by atoms with Crippen LogP contribution in [0.15, 0.2) is 77.8 Å². The van der Waals surface area contributed by atoms with Crippen LogP contribution in [0.2, 0.25) is 0 Å². The summed E-state index contributed by atoms with van der Waals surface area (Å²) in [7, 11) is 0. The van der Waals surface area contributed by atoms with E-state index in [0.717, 1.165) is 27.9 Å². The molecule has 0 spiro atoms. The number of para-hydroxylation sites is 1. The minimum atomic E-state index is -0.901. The van der Waals surface area contributed by atoms with Crippen LogP contribution in [-0.4, -0.2) is 39.4 Å². The van der Waals surface area contributed by atoms with Crippen LogP contribution < -0.4 is 4.90 Å². The first-order chi connectivity index (χ1) is 16.5. The van der Waals surface area contributed by atoms with Gasteiger partial charge in [0.2, 0.25) is 11.8 Å². The summed E-state index contributed by atoms with van der Waals surface area (Å²) in [5, 5.41) is 9.83. The Morgan fingerprint density at radius 3 is 2.44 bits per heavy atom. The van der Waals surface area contributed by atoms with Crippen molar-refractivity contribution in [2.45, 2.75) is 31.0 Å². The van der Waals surface area contributed by atoms with Crippen molar-refractivity contribution < 1.29 is 14.4 Å². The highest BCUT2D eigenvalue weighted by molar-refractivity contribution is 8.00. The summed E-state index contributed by atoms with van der Waals surface area (Å²) in [6.07, 6.45) is -0.0802. The molecule has 34 heavy (non-hydrogen) atoms. The maximum atomic E-state index is 13.4. The van der Waals surface area contributed by atoms with Crippen molar-refractivity contribution in [3.8, 4) is 6.07 Å². The number of nitriles is 1. The van der Waals surface area contributed by atoms with Crippen molar-refractivity contribution in [1.29, 1.82) is 5.26 Å². The number of carbonyl (C=O) groups is 3. The Hall–Kier alpha value is -3.96. The molecular weight excluding hydrogens is 448 g/mol. The molecule has 7 nitrogen and oxygen atoms in total. The Bertz CT molecular complexity index is 1260. The van der Waals surface area contributed by atoms with Crippen LogP contribution in [0.1, 0.15) is 23.2 Å². The summed E-state index contributed by atoms with van der Waals surface area (Å²) in [5.41, 5.74) is 2.47. The predicted octanol–water partition coefficient (Wildman–Crippen LogP) is 3.71. The van der Waals surface area contributed by atoms with Crippen molar-refractivity contribution in [1.82, 2.24) is 9.88 Å². The largest absolute Gasteiger partial charge is 0.325 e. The minimum absolute atomic E-state index is 0.0126. The van der Waals surface area contributed by atoms with Crippen LogP contribution in [-0.2, 0) is 20.9 Å². The highest BCUT2D eigenvalue weighted by Crippen LogP contribution is 2.28. The van der Waals surface area contributed by atoms with Gasteiger partial charge in [-0.1, -0.05) is 60.3 Å². The summed E-state index contributed by atoms with van der Waals surface area (Å²) in [5.74, 6) is -1.08. The number of benzene rings is 2. The molecular formula is C26H22N4O3S. The van der Waals surface area contributed by atoms with Gasteiger partial charge in [0.05, 0.1) is 23.4 Å². The lowest BCUT2D eigenvalue weighted by Crippen LogP contribution is -2.45. The van der Waals surface area contributed by atoms with Gasteiger partial charge in [0.15, 0.2) is 0 Å². The lowest BCUT2D eigenvalue weighted by atomic mass is 10.1. The van der Waals surface area contributed by atoms with Crippen molar-refractivity contribution >= 4 is 35.2 Å². The van der Waals surface area contributed by atoms with E-state index < -0.39 is 11.9 Å². The number of hydrogen-bond donors (Lipinski definition) is 0. The topological polar surface area (TPSA) is 94.4 Å². The molecule has 3 amide bonds. The molecule has 1 unspecified atom stereocenters. The number of amides is 3. The maximum Gasteiger partial charge on any atom is 0.257 e. The molecule has 1 aliphatic heterocycles. The van der Waals surface area contributed by atoms with Crippen molar-refractivity contribution in [3.63, 3.8) is 0 Å². The highest BCUT2D eigenvalue weighted by Gasteiger charge is 2.44. The number of carbonyl (C=O) groups excluding carboxylic acids is 3. The fraction of sp³-hybridized carbons (Fsp3) is 0.192. The Morgan fingerprint density at radius 2 is 1.76 bits per heavy atom. The summed E-state index contributed by atoms with van der Waals surface area (Å²) < 4.78 is 0. The standard InChI is InChI=1S/C26H22N4O3S/c1-18-12-13-20(15-27)25(28-18)34-17-24(32)29(16-19-8-4-2-5-9-19)22-14-23(31)30(26(22)33)21-10-6-3-7-11-21/h2-13,22H,14,16-17H2,1H3. The molecule has 1 saturated heterocycles. The molecule has 0 bridgehead atoms. The number of aromatic nitrogens is 1. The first kappa shape index (κ1) is 23.2. The number of hydrogen-bond acceptors (Lipinski definition) is 6. The first-order valence-electron chi connectivity index (χ1n) is 10.7. The zero-order valence-corrected chi connectivity index (χ0v) is 19.4. The Kier molecular flexibility index (Phi) is 7.04. The van der Waals surface area contributed by atoms with E-state index in [4.69, 9.17) is 0 Å². The molecule has 8 heteroatoms. The monoisotopic (exact) mass is 470 g/mol. The van der Waals surface area contributed by atoms with E-state index in [1.165, 1.54) is 4.90 Å². The lowest BCUT2D eigenvalue weighted by molar-refractivity contribution is -0.136. The molecule has 2 aromatic carbocycles. The molecule has 1 aromatic heterocycles. The van der Waals surface area contributed by atoms with Crippen molar-refractivity contribution in [3.05, 3.63) is 89.6 Å². The zero-order valence-electron chi connectivity index (χ0n) is 18.5. The number of nitrogens with zero attached hydrogens (tertiary/aromatic N) is 4. The van der Waals surface area contributed by atoms with E-state index in [1.54, 1.807) is 36.4 Å². The fourth-order valence-electron chi connectivity index (χ4n) is 3.80. The van der Waals surface area contributed by atoms with Crippen LogP contribution in [0.25, 0.3) is 0 Å². The normalized spacial score (nSPS) is 15.3. The van der Waals surface area contributed by atoms with Crippen LogP contribution in [0.3, 0.4) is 0 Å². The summed E-state index contributed by atoms with van der Waals surface area (Å²) >= 11 is 1.16. The van der Waals surface area contributed by atoms with E-state index in [9.17, 15) is 19.6 Å². The Morgan fingerprint density at radius 1 is 1.09 bits per heavy atom. The van der Waals surface area contributed by atoms with E-state index >= 15 is 0 Å². The van der Waals surface area contributed by atoms with E-state index in [0.29, 0.717) is 16.3 Å². The quantitative estimate of drug-likeness (QED) is 0.386. The average molecular weight is 471 g/mol. The smallest absolute Gasteiger partial charge is 0.257 e. The Balaban J connectivity index is 1.59. The molecule has 0 N–H and O–H groups in total. The third-order valence-corrected chi connectivity index (χ3v) is 6.46. The minimum Gasteiger partial charge on any atom is -0.325 e. The van der Waals surface area contributed by atoms with E-state index in [1.807, 2.05) is 43.3 Å². The number of rotatable bonds is 7. The molecule has 1 aliphatic rings. The third-order valence-electron chi connectivity index (χ3n) is 5.48. The molecule has 3 aromatic rings. The van der Waals surface area contributed by atoms with Gasteiger partial charge in [-0.2, -0.15) is 5.26 Å². The summed E-state index contributed by atoms with van der Waals surface area (Å²) in [6.45, 7) is 2.01. The van der Waals surface area contributed by atoms with Crippen LogP contribution >= 0.6 is 11.8 Å². The van der Waals surface area contributed by atoms with Crippen molar-refractivity contribution in [2.24, 2.45) is 0 Å². The number of imide groups is 1. The summed E-state index contributed by atoms with van der Waals surface area (Å²) in [6, 6.07) is 22.7. The third kappa shape index (κ3) is 5.00. The molecule has 0 saturated carbocycles. The molecule has 0 aliphatic carbocycles. The molecule has 0 radical (unpaired) electrons. The summed E-state index contributed by atoms with van der Waals surface area (Å²) in [4.78, 5) is 46.5. The van der Waals surface area contributed by atoms with Gasteiger partial charge in [-0.15, -0.1) is 0 Å². The predicted molar refractivity (Wildman–Crippen MR) is 129 cm³/mol. The second kappa shape index (κ2) is 10.3. The second-order valence-electron chi connectivity index (χ2n) is 7.84. The lowest BCUT2D eigenvalue weighted by Gasteiger charge is -2.28. The fourth-order valence-corrected chi connectivity index (χ4v) is 4.70.